The fourth-order valence-corrected chi connectivity index (χ4v) is 1.26. The van der Waals surface area contributed by atoms with E-state index in [2.05, 4.69) is 9.47 Å². The standard InChI is InChI=1S/C8H10O6/c1-12-6(10)8(7(11)13-2)3-5(9)4-14-8/h3-4H2,1-2H3. The molecule has 0 radical (unpaired) electrons. The van der Waals surface area contributed by atoms with Crippen LogP contribution < -0.4 is 0 Å². The molecule has 6 nitrogen and oxygen atoms in total. The third-order valence-corrected chi connectivity index (χ3v) is 1.96. The number of hydrogen-bond acceptors (Lipinski definition) is 6. The Bertz CT molecular complexity index is 266. The van der Waals surface area contributed by atoms with Gasteiger partial charge < -0.3 is 14.2 Å². The van der Waals surface area contributed by atoms with Crippen molar-refractivity contribution >= 4 is 17.7 Å². The van der Waals surface area contributed by atoms with Gasteiger partial charge in [0, 0.05) is 0 Å². The summed E-state index contributed by atoms with van der Waals surface area (Å²) in [6, 6.07) is 0. The van der Waals surface area contributed by atoms with E-state index >= 15 is 0 Å². The molecule has 0 atom stereocenters. The topological polar surface area (TPSA) is 78.9 Å². The van der Waals surface area contributed by atoms with Gasteiger partial charge in [-0.15, -0.1) is 0 Å². The Hall–Kier alpha value is -1.43. The highest BCUT2D eigenvalue weighted by molar-refractivity contribution is 6.09. The lowest BCUT2D eigenvalue weighted by atomic mass is 10.0. The van der Waals surface area contributed by atoms with Gasteiger partial charge in [0.2, 0.25) is 0 Å². The summed E-state index contributed by atoms with van der Waals surface area (Å²) in [7, 11) is 2.22. The Morgan fingerprint density at radius 2 is 1.79 bits per heavy atom. The van der Waals surface area contributed by atoms with Crippen LogP contribution in [0.3, 0.4) is 0 Å². The summed E-state index contributed by atoms with van der Waals surface area (Å²) in [5, 5.41) is 0. The molecule has 0 bridgehead atoms. The molecular weight excluding hydrogens is 192 g/mol. The average molecular weight is 202 g/mol. The fraction of sp³-hybridized carbons (Fsp3) is 0.625. The first-order valence-electron chi connectivity index (χ1n) is 3.89. The number of Topliss-reactive ketones (excluding diaryl/α,β-unsaturated/α-hetero) is 1. The third kappa shape index (κ3) is 1.48. The zero-order chi connectivity index (χ0) is 10.8. The van der Waals surface area contributed by atoms with E-state index in [1.165, 1.54) is 0 Å². The van der Waals surface area contributed by atoms with Gasteiger partial charge >= 0.3 is 11.9 Å². The molecule has 6 heteroatoms. The Balaban J connectivity index is 2.97. The van der Waals surface area contributed by atoms with E-state index < -0.39 is 17.5 Å². The second-order valence-electron chi connectivity index (χ2n) is 2.81. The smallest absolute Gasteiger partial charge is 0.350 e. The molecule has 0 saturated carbocycles. The van der Waals surface area contributed by atoms with E-state index in [0.29, 0.717) is 0 Å². The Morgan fingerprint density at radius 3 is 2.07 bits per heavy atom. The normalized spacial score (nSPS) is 19.1. The van der Waals surface area contributed by atoms with Crippen molar-refractivity contribution in [1.82, 2.24) is 0 Å². The van der Waals surface area contributed by atoms with Crippen molar-refractivity contribution in [2.75, 3.05) is 20.8 Å². The number of carbonyl (C=O) groups is 3. The van der Waals surface area contributed by atoms with E-state index in [9.17, 15) is 14.4 Å². The molecule has 0 N–H and O–H groups in total. The maximum absolute atomic E-state index is 11.3. The van der Waals surface area contributed by atoms with Crippen molar-refractivity contribution in [1.29, 1.82) is 0 Å². The van der Waals surface area contributed by atoms with Gasteiger partial charge in [0.15, 0.2) is 5.78 Å². The van der Waals surface area contributed by atoms with Crippen LogP contribution >= 0.6 is 0 Å². The minimum absolute atomic E-state index is 0.274. The molecule has 0 spiro atoms. The predicted molar refractivity (Wildman–Crippen MR) is 42.3 cm³/mol. The highest BCUT2D eigenvalue weighted by Gasteiger charge is 2.55. The molecule has 0 aromatic heterocycles. The second kappa shape index (κ2) is 3.75. The molecule has 0 aliphatic carbocycles. The van der Waals surface area contributed by atoms with Crippen LogP contribution in [0.5, 0.6) is 0 Å². The monoisotopic (exact) mass is 202 g/mol. The van der Waals surface area contributed by atoms with E-state index in [-0.39, 0.29) is 18.8 Å². The lowest BCUT2D eigenvalue weighted by Gasteiger charge is -2.20. The van der Waals surface area contributed by atoms with Crippen LogP contribution in [-0.4, -0.2) is 44.1 Å². The minimum atomic E-state index is -1.89. The highest BCUT2D eigenvalue weighted by atomic mass is 16.6. The van der Waals surface area contributed by atoms with E-state index in [0.717, 1.165) is 14.2 Å². The molecule has 1 heterocycles. The number of ether oxygens (including phenoxy) is 3. The lowest BCUT2D eigenvalue weighted by Crippen LogP contribution is -2.47. The van der Waals surface area contributed by atoms with E-state index in [1.54, 1.807) is 0 Å². The zero-order valence-electron chi connectivity index (χ0n) is 7.86. The van der Waals surface area contributed by atoms with E-state index in [4.69, 9.17) is 4.74 Å². The first kappa shape index (κ1) is 10.6. The molecular formula is C8H10O6. The Labute approximate surface area is 80.1 Å². The summed E-state index contributed by atoms with van der Waals surface area (Å²) >= 11 is 0. The first-order chi connectivity index (χ1) is 6.56. The number of hydrogen-bond donors (Lipinski definition) is 0. The van der Waals surface area contributed by atoms with Gasteiger partial charge in [-0.2, -0.15) is 0 Å². The molecule has 1 rings (SSSR count). The summed E-state index contributed by atoms with van der Waals surface area (Å²) in [5.74, 6) is -2.15. The van der Waals surface area contributed by atoms with Gasteiger partial charge in [-0.1, -0.05) is 0 Å². The van der Waals surface area contributed by atoms with Crippen LogP contribution in [0.25, 0.3) is 0 Å². The molecule has 1 aliphatic rings. The predicted octanol–water partition coefficient (Wildman–Crippen LogP) is -0.939. The van der Waals surface area contributed by atoms with Crippen molar-refractivity contribution in [2.45, 2.75) is 12.0 Å². The molecule has 0 unspecified atom stereocenters. The van der Waals surface area contributed by atoms with Gasteiger partial charge in [0.1, 0.15) is 6.61 Å². The van der Waals surface area contributed by atoms with Gasteiger partial charge in [0.05, 0.1) is 20.6 Å². The summed E-state index contributed by atoms with van der Waals surface area (Å²) < 4.78 is 13.6. The molecule has 0 aromatic carbocycles. The van der Waals surface area contributed by atoms with Crippen molar-refractivity contribution in [2.24, 2.45) is 0 Å². The fourth-order valence-electron chi connectivity index (χ4n) is 1.26. The zero-order valence-corrected chi connectivity index (χ0v) is 7.86. The molecule has 78 valence electrons. The largest absolute Gasteiger partial charge is 0.466 e. The lowest BCUT2D eigenvalue weighted by molar-refractivity contribution is -0.181. The molecule has 1 fully saturated rings. The molecule has 14 heavy (non-hydrogen) atoms. The van der Waals surface area contributed by atoms with Crippen LogP contribution in [-0.2, 0) is 28.6 Å². The summed E-state index contributed by atoms with van der Waals surface area (Å²) in [5.41, 5.74) is -1.89. The average Bonchev–Trinajstić information content (AvgIpc) is 2.59. The molecule has 0 aromatic rings. The first-order valence-corrected chi connectivity index (χ1v) is 3.89. The van der Waals surface area contributed by atoms with Crippen molar-refractivity contribution in [3.8, 4) is 0 Å². The number of ketones is 1. The van der Waals surface area contributed by atoms with Crippen LogP contribution in [0.1, 0.15) is 6.42 Å². The minimum Gasteiger partial charge on any atom is -0.466 e. The van der Waals surface area contributed by atoms with Crippen molar-refractivity contribution in [3.05, 3.63) is 0 Å². The van der Waals surface area contributed by atoms with Crippen molar-refractivity contribution in [3.63, 3.8) is 0 Å². The SMILES string of the molecule is COC(=O)C1(C(=O)OC)CC(=O)CO1. The summed E-state index contributed by atoms with van der Waals surface area (Å²) in [6.45, 7) is -0.274. The summed E-state index contributed by atoms with van der Waals surface area (Å²) in [6.07, 6.45) is -0.327. The highest BCUT2D eigenvalue weighted by Crippen LogP contribution is 2.26. The van der Waals surface area contributed by atoms with Crippen LogP contribution in [0.4, 0.5) is 0 Å². The molecule has 1 saturated heterocycles. The van der Waals surface area contributed by atoms with Gasteiger partial charge in [-0.25, -0.2) is 9.59 Å². The number of methoxy groups -OCH3 is 2. The van der Waals surface area contributed by atoms with Crippen LogP contribution in [0.2, 0.25) is 0 Å². The number of esters is 2. The van der Waals surface area contributed by atoms with Gasteiger partial charge in [0.25, 0.3) is 5.60 Å². The number of rotatable bonds is 2. The van der Waals surface area contributed by atoms with Gasteiger partial charge in [-0.05, 0) is 0 Å². The van der Waals surface area contributed by atoms with E-state index in [1.807, 2.05) is 0 Å². The van der Waals surface area contributed by atoms with Crippen molar-refractivity contribution < 1.29 is 28.6 Å². The third-order valence-electron chi connectivity index (χ3n) is 1.96. The molecule has 1 aliphatic heterocycles. The maximum atomic E-state index is 11.3. The van der Waals surface area contributed by atoms with Crippen LogP contribution in [0, 0.1) is 0 Å². The summed E-state index contributed by atoms with van der Waals surface area (Å²) in [4.78, 5) is 33.5. The second-order valence-corrected chi connectivity index (χ2v) is 2.81. The number of carbonyl (C=O) groups excluding carboxylic acids is 3. The Kier molecular flexibility index (Phi) is 2.85. The quantitative estimate of drug-likeness (QED) is 0.424. The van der Waals surface area contributed by atoms with Gasteiger partial charge in [-0.3, -0.25) is 4.79 Å². The maximum Gasteiger partial charge on any atom is 0.350 e. The van der Waals surface area contributed by atoms with Crippen LogP contribution in [0.15, 0.2) is 0 Å². The Morgan fingerprint density at radius 1 is 1.29 bits per heavy atom. The molecule has 0 amide bonds.